The Morgan fingerprint density at radius 2 is 1.51 bits per heavy atom. The van der Waals surface area contributed by atoms with E-state index < -0.39 is 39.3 Å². The molecule has 0 aliphatic heterocycles. The van der Waals surface area contributed by atoms with E-state index in [9.17, 15) is 22.8 Å². The molecule has 10 nitrogen and oxygen atoms in total. The third-order valence-corrected chi connectivity index (χ3v) is 8.28. The average Bonchev–Trinajstić information content (AvgIpc) is 3.30. The molecule has 2 N–H and O–H groups in total. The molecule has 1 aromatic heterocycles. The quantitative estimate of drug-likeness (QED) is 0.195. The van der Waals surface area contributed by atoms with Crippen LogP contribution in [0.25, 0.3) is 10.9 Å². The number of alkyl carbamates (subject to hydrolysis) is 1. The number of ether oxygens (including phenoxy) is 2. The summed E-state index contributed by atoms with van der Waals surface area (Å²) >= 11 is 12.0. The van der Waals surface area contributed by atoms with Gasteiger partial charge in [0.2, 0.25) is 0 Å². The van der Waals surface area contributed by atoms with Crippen molar-refractivity contribution < 1.29 is 32.3 Å². The van der Waals surface area contributed by atoms with E-state index in [4.69, 9.17) is 32.7 Å². The summed E-state index contributed by atoms with van der Waals surface area (Å²) in [7, 11) is -4.14. The first-order valence-electron chi connectivity index (χ1n) is 13.9. The van der Waals surface area contributed by atoms with E-state index in [-0.39, 0.29) is 37.1 Å². The Labute approximate surface area is 271 Å². The van der Waals surface area contributed by atoms with Crippen LogP contribution < -0.4 is 10.0 Å². The maximum atomic E-state index is 13.3. The molecule has 0 unspecified atom stereocenters. The molecule has 0 saturated carbocycles. The molecule has 1 heterocycles. The van der Waals surface area contributed by atoms with Crippen LogP contribution in [0.15, 0.2) is 77.8 Å². The first-order valence-corrected chi connectivity index (χ1v) is 16.1. The zero-order valence-corrected chi connectivity index (χ0v) is 27.6. The van der Waals surface area contributed by atoms with Gasteiger partial charge in [0.05, 0.1) is 21.7 Å². The maximum absolute atomic E-state index is 13.3. The van der Waals surface area contributed by atoms with E-state index in [1.54, 1.807) is 34.6 Å². The molecule has 0 radical (unpaired) electrons. The number of halogens is 2. The lowest BCUT2D eigenvalue weighted by Crippen LogP contribution is -2.38. The lowest BCUT2D eigenvalue weighted by atomic mass is 9.99. The van der Waals surface area contributed by atoms with Gasteiger partial charge < -0.3 is 9.47 Å². The fourth-order valence-corrected chi connectivity index (χ4v) is 6.18. The summed E-state index contributed by atoms with van der Waals surface area (Å²) in [4.78, 5) is 39.0. The van der Waals surface area contributed by atoms with E-state index in [2.05, 4.69) is 10.0 Å². The lowest BCUT2D eigenvalue weighted by molar-refractivity contribution is 0.0326. The summed E-state index contributed by atoms with van der Waals surface area (Å²) in [5, 5.41) is 2.74. The molecular weight excluding hydrogens is 641 g/mol. The van der Waals surface area contributed by atoms with Gasteiger partial charge in [0.1, 0.15) is 11.2 Å². The number of carbonyl (C=O) groups is 3. The molecule has 13 heteroatoms. The number of imide groups is 1. The Morgan fingerprint density at radius 3 is 2.13 bits per heavy atom. The molecule has 45 heavy (non-hydrogen) atoms. The number of benzene rings is 3. The van der Waals surface area contributed by atoms with Crippen molar-refractivity contribution in [3.05, 3.63) is 94.1 Å². The normalized spacial score (nSPS) is 12.1. The van der Waals surface area contributed by atoms with Crippen LogP contribution >= 0.6 is 23.2 Å². The van der Waals surface area contributed by atoms with E-state index in [0.717, 1.165) is 10.1 Å². The Bertz CT molecular complexity index is 1840. The highest BCUT2D eigenvalue weighted by molar-refractivity contribution is 7.92. The first kappa shape index (κ1) is 33.8. The van der Waals surface area contributed by atoms with Crippen molar-refractivity contribution in [1.82, 2.24) is 9.88 Å². The smallest absolute Gasteiger partial charge is 0.419 e. The first-order chi connectivity index (χ1) is 20.9. The topological polar surface area (TPSA) is 133 Å². The monoisotopic (exact) mass is 673 g/mol. The van der Waals surface area contributed by atoms with Crippen molar-refractivity contribution in [3.63, 3.8) is 0 Å². The summed E-state index contributed by atoms with van der Waals surface area (Å²) < 4.78 is 40.7. The van der Waals surface area contributed by atoms with Gasteiger partial charge in [-0.05, 0) is 89.4 Å². The molecule has 0 saturated heterocycles. The number of sulfonamides is 1. The number of fused-ring (bicyclic) bond motifs is 1. The number of amides is 2. The van der Waals surface area contributed by atoms with E-state index >= 15 is 0 Å². The zero-order valence-electron chi connectivity index (χ0n) is 25.3. The average molecular weight is 675 g/mol. The number of rotatable bonds is 8. The standard InChI is InChI=1S/C32H33Cl2N3O7S/c1-31(2,3)44-30(40)37-19-26(28(38)35-29(39)43-32(4,5)14-13-20-9-7-6-8-10-20)25-12-11-23(18-27(25)37)36-45(41,42)24-16-21(33)15-22(34)17-24/h6-12,15-19,36H,13-14H2,1-5H3,(H,35,38,39). The molecule has 0 aliphatic carbocycles. The van der Waals surface area contributed by atoms with E-state index in [1.807, 2.05) is 30.3 Å². The SMILES string of the molecule is CC(C)(C)OC(=O)n1cc(C(=O)NC(=O)OC(C)(C)CCc2ccccc2)c2ccc(NS(=O)(=O)c3cc(Cl)cc(Cl)c3)cc21. The van der Waals surface area contributed by atoms with Crippen molar-refractivity contribution >= 4 is 67.9 Å². The van der Waals surface area contributed by atoms with Crippen molar-refractivity contribution in [2.45, 2.75) is 63.6 Å². The van der Waals surface area contributed by atoms with Crippen LogP contribution in [-0.2, 0) is 25.9 Å². The Kier molecular flexibility index (Phi) is 9.86. The second-order valence-electron chi connectivity index (χ2n) is 11.9. The molecule has 4 aromatic rings. The zero-order chi connectivity index (χ0) is 33.2. The van der Waals surface area contributed by atoms with Gasteiger partial charge in [0.15, 0.2) is 0 Å². The molecule has 0 fully saturated rings. The second-order valence-corrected chi connectivity index (χ2v) is 14.5. The predicted molar refractivity (Wildman–Crippen MR) is 174 cm³/mol. The highest BCUT2D eigenvalue weighted by Gasteiger charge is 2.27. The van der Waals surface area contributed by atoms with E-state index in [1.165, 1.54) is 42.6 Å². The molecule has 0 spiro atoms. The van der Waals surface area contributed by atoms with Crippen molar-refractivity contribution in [2.75, 3.05) is 4.72 Å². The van der Waals surface area contributed by atoms with E-state index in [0.29, 0.717) is 12.8 Å². The highest BCUT2D eigenvalue weighted by Crippen LogP contribution is 2.29. The van der Waals surface area contributed by atoms with Gasteiger partial charge in [-0.3, -0.25) is 19.4 Å². The van der Waals surface area contributed by atoms with Crippen molar-refractivity contribution in [2.24, 2.45) is 0 Å². The van der Waals surface area contributed by atoms with Gasteiger partial charge in [0, 0.05) is 21.6 Å². The van der Waals surface area contributed by atoms with Crippen LogP contribution in [0.4, 0.5) is 15.3 Å². The van der Waals surface area contributed by atoms with Gasteiger partial charge in [0.25, 0.3) is 15.9 Å². The summed E-state index contributed by atoms with van der Waals surface area (Å²) in [6, 6.07) is 17.8. The summed E-state index contributed by atoms with van der Waals surface area (Å²) in [5.74, 6) is -0.826. The minimum absolute atomic E-state index is 0.0362. The van der Waals surface area contributed by atoms with Crippen molar-refractivity contribution in [3.8, 4) is 0 Å². The van der Waals surface area contributed by atoms with Crippen LogP contribution in [0.3, 0.4) is 0 Å². The molecule has 0 bridgehead atoms. The van der Waals surface area contributed by atoms with Crippen LogP contribution in [0, 0.1) is 0 Å². The maximum Gasteiger partial charge on any atom is 0.419 e. The fraction of sp³-hybridized carbons (Fsp3) is 0.281. The number of hydrogen-bond acceptors (Lipinski definition) is 7. The minimum Gasteiger partial charge on any atom is -0.443 e. The Balaban J connectivity index is 1.60. The second kappa shape index (κ2) is 13.1. The number of anilines is 1. The molecule has 4 rings (SSSR count). The van der Waals surface area contributed by atoms with Gasteiger partial charge in [-0.25, -0.2) is 18.0 Å². The molecule has 2 amide bonds. The molecule has 0 aliphatic rings. The fourth-order valence-electron chi connectivity index (χ4n) is 4.41. The largest absolute Gasteiger partial charge is 0.443 e. The molecule has 3 aromatic carbocycles. The third-order valence-electron chi connectivity index (χ3n) is 6.48. The number of nitrogens with one attached hydrogen (secondary N) is 2. The Hall–Kier alpha value is -4.06. The summed E-state index contributed by atoms with van der Waals surface area (Å²) in [5.41, 5.74) is -0.492. The van der Waals surface area contributed by atoms with Crippen LogP contribution in [0.1, 0.15) is 57.0 Å². The summed E-state index contributed by atoms with van der Waals surface area (Å²) in [6.45, 7) is 8.52. The number of hydrogen-bond donors (Lipinski definition) is 2. The lowest BCUT2D eigenvalue weighted by Gasteiger charge is -2.25. The molecule has 0 atom stereocenters. The van der Waals surface area contributed by atoms with Gasteiger partial charge >= 0.3 is 12.2 Å². The molecular formula is C32H33Cl2N3O7S. The Morgan fingerprint density at radius 1 is 0.867 bits per heavy atom. The number of carbonyl (C=O) groups excluding carboxylic acids is 3. The van der Waals surface area contributed by atoms with Crippen LogP contribution in [0.5, 0.6) is 0 Å². The molecule has 238 valence electrons. The van der Waals surface area contributed by atoms with Gasteiger partial charge in [-0.1, -0.05) is 53.5 Å². The van der Waals surface area contributed by atoms with Crippen molar-refractivity contribution in [1.29, 1.82) is 0 Å². The van der Waals surface area contributed by atoms with Gasteiger partial charge in [-0.15, -0.1) is 0 Å². The predicted octanol–water partition coefficient (Wildman–Crippen LogP) is 7.81. The number of aryl methyl sites for hydroxylation is 1. The number of aromatic nitrogens is 1. The summed E-state index contributed by atoms with van der Waals surface area (Å²) in [6.07, 6.45) is 0.612. The van der Waals surface area contributed by atoms with Gasteiger partial charge in [-0.2, -0.15) is 0 Å². The number of nitrogens with zero attached hydrogens (tertiary/aromatic N) is 1. The highest BCUT2D eigenvalue weighted by atomic mass is 35.5. The van der Waals surface area contributed by atoms with Crippen LogP contribution in [0.2, 0.25) is 10.0 Å². The van der Waals surface area contributed by atoms with Crippen LogP contribution in [-0.4, -0.2) is 42.3 Å². The third kappa shape index (κ3) is 9.00. The minimum atomic E-state index is -4.14.